The number of hydrogen-bond donors (Lipinski definition) is 0. The van der Waals surface area contributed by atoms with Crippen LogP contribution in [0.4, 0.5) is 11.4 Å². The summed E-state index contributed by atoms with van der Waals surface area (Å²) in [6.07, 6.45) is 2.36. The van der Waals surface area contributed by atoms with Gasteiger partial charge in [-0.1, -0.05) is 135 Å². The molecule has 61 heavy (non-hydrogen) atoms. The molecule has 298 valence electrons. The highest BCUT2D eigenvalue weighted by molar-refractivity contribution is 6.93. The second-order valence-corrected chi connectivity index (χ2v) is 21.6. The van der Waals surface area contributed by atoms with Crippen LogP contribution >= 0.6 is 0 Å². The molecule has 2 aliphatic carbocycles. The summed E-state index contributed by atoms with van der Waals surface area (Å²) in [6, 6.07) is 47.1. The Morgan fingerprint density at radius 3 is 2.03 bits per heavy atom. The molecule has 4 heteroatoms. The lowest BCUT2D eigenvalue weighted by Crippen LogP contribution is -2.61. The van der Waals surface area contributed by atoms with Gasteiger partial charge >= 0.3 is 6.85 Å². The van der Waals surface area contributed by atoms with Crippen LogP contribution in [0.25, 0.3) is 71.7 Å². The van der Waals surface area contributed by atoms with E-state index < -0.39 is 0 Å². The van der Waals surface area contributed by atoms with Crippen LogP contribution in [0.2, 0.25) is 0 Å². The Labute approximate surface area is 359 Å². The molecule has 2 aliphatic heterocycles. The van der Waals surface area contributed by atoms with Gasteiger partial charge in [-0.25, -0.2) is 0 Å². The molecule has 0 radical (unpaired) electrons. The van der Waals surface area contributed by atoms with Gasteiger partial charge in [-0.2, -0.15) is 0 Å². The molecule has 0 atom stereocenters. The maximum Gasteiger partial charge on any atom is 0.333 e. The fourth-order valence-corrected chi connectivity index (χ4v) is 12.3. The number of hydrogen-bond acceptors (Lipinski definition) is 2. The molecule has 0 fully saturated rings. The quantitative estimate of drug-likeness (QED) is 0.154. The SMILES string of the molecule is CC(C)(C)c1ccc(N2B3c4cc5c(cc4-n4c6cc7oc8ccccc8c7cc6c6ccc(c3c64)-c3cc4c(cc32)C(C)(C)CCC4(C)C)-c2ccccc2C5(C)C)cc1. The van der Waals surface area contributed by atoms with Crippen LogP contribution in [0.1, 0.15) is 103 Å². The topological polar surface area (TPSA) is 21.3 Å². The fraction of sp³-hybridized carbons (Fsp3) is 0.263. The van der Waals surface area contributed by atoms with E-state index in [1.54, 1.807) is 0 Å². The van der Waals surface area contributed by atoms with Crippen LogP contribution in [0, 0.1) is 0 Å². The smallest absolute Gasteiger partial charge is 0.333 e. The third kappa shape index (κ3) is 4.51. The molecular weight excluding hydrogens is 739 g/mol. The predicted octanol–water partition coefficient (Wildman–Crippen LogP) is 13.9. The summed E-state index contributed by atoms with van der Waals surface area (Å²) >= 11 is 0. The van der Waals surface area contributed by atoms with Crippen molar-refractivity contribution in [3.63, 3.8) is 0 Å². The van der Waals surface area contributed by atoms with Crippen molar-refractivity contribution in [2.24, 2.45) is 0 Å². The third-order valence-corrected chi connectivity index (χ3v) is 15.8. The fourth-order valence-electron chi connectivity index (χ4n) is 12.3. The zero-order valence-corrected chi connectivity index (χ0v) is 36.8. The van der Waals surface area contributed by atoms with E-state index in [4.69, 9.17) is 4.42 Å². The molecule has 7 aromatic carbocycles. The molecule has 0 saturated carbocycles. The summed E-state index contributed by atoms with van der Waals surface area (Å²) in [7, 11) is 0. The van der Waals surface area contributed by atoms with Gasteiger partial charge in [0.25, 0.3) is 0 Å². The highest BCUT2D eigenvalue weighted by Gasteiger charge is 2.48. The molecular formula is C57H51BN2O. The summed E-state index contributed by atoms with van der Waals surface area (Å²) in [5.41, 5.74) is 23.5. The Morgan fingerprint density at radius 2 is 1.26 bits per heavy atom. The Bertz CT molecular complexity index is 3440. The van der Waals surface area contributed by atoms with Crippen LogP contribution in [0.15, 0.2) is 126 Å². The number of aromatic nitrogens is 1. The molecule has 0 unspecified atom stereocenters. The van der Waals surface area contributed by atoms with E-state index in [9.17, 15) is 0 Å². The lowest BCUT2D eigenvalue weighted by Gasteiger charge is -2.46. The average molecular weight is 791 g/mol. The Hall–Kier alpha value is -6.00. The summed E-state index contributed by atoms with van der Waals surface area (Å²) in [4.78, 5) is 2.74. The van der Waals surface area contributed by atoms with Crippen molar-refractivity contribution in [3.05, 3.63) is 149 Å². The second kappa shape index (κ2) is 11.3. The van der Waals surface area contributed by atoms with E-state index in [0.717, 1.165) is 16.6 Å². The predicted molar refractivity (Wildman–Crippen MR) is 259 cm³/mol. The standard InChI is InChI=1S/C57H51BN2O/c1-54(2,3)32-18-20-33(21-19-32)60-48-30-45-44(55(4,5)24-25-56(45,6)7)27-40(48)36-22-23-37-39-26-41-35-15-11-13-17-50(35)61-51(41)31-47(39)59-49-28-38-34-14-10-12-16-42(34)57(8,9)43(38)29-46(49)58(60)52(36)53(37)59/h10-23,26-31H,24-25H2,1-9H3. The molecule has 0 saturated heterocycles. The third-order valence-electron chi connectivity index (χ3n) is 15.8. The molecule has 0 amide bonds. The molecule has 0 N–H and O–H groups in total. The van der Waals surface area contributed by atoms with Gasteiger partial charge in [-0.15, -0.1) is 0 Å². The first-order valence-electron chi connectivity index (χ1n) is 22.4. The number of rotatable bonds is 1. The van der Waals surface area contributed by atoms with Crippen molar-refractivity contribution in [3.8, 4) is 27.9 Å². The number of nitrogens with zero attached hydrogens (tertiary/aromatic N) is 2. The minimum absolute atomic E-state index is 0.0510. The minimum Gasteiger partial charge on any atom is -0.456 e. The monoisotopic (exact) mass is 790 g/mol. The second-order valence-electron chi connectivity index (χ2n) is 21.6. The molecule has 3 nitrogen and oxygen atoms in total. The normalized spacial score (nSPS) is 17.5. The van der Waals surface area contributed by atoms with Crippen LogP contribution in [0.5, 0.6) is 0 Å². The van der Waals surface area contributed by atoms with Gasteiger partial charge in [0, 0.05) is 55.7 Å². The van der Waals surface area contributed by atoms with Crippen molar-refractivity contribution in [2.75, 3.05) is 4.81 Å². The van der Waals surface area contributed by atoms with Crippen LogP contribution in [-0.2, 0) is 21.7 Å². The van der Waals surface area contributed by atoms with Crippen molar-refractivity contribution < 1.29 is 4.42 Å². The maximum atomic E-state index is 6.64. The minimum atomic E-state index is -0.143. The summed E-state index contributed by atoms with van der Waals surface area (Å²) in [5, 5.41) is 4.90. The molecule has 0 bridgehead atoms. The van der Waals surface area contributed by atoms with Gasteiger partial charge < -0.3 is 13.8 Å². The summed E-state index contributed by atoms with van der Waals surface area (Å²) in [5.74, 6) is 0. The molecule has 0 spiro atoms. The number of benzene rings is 7. The Kier molecular flexibility index (Phi) is 6.60. The summed E-state index contributed by atoms with van der Waals surface area (Å²) in [6.45, 7) is 21.6. The van der Waals surface area contributed by atoms with Crippen LogP contribution < -0.4 is 15.7 Å². The van der Waals surface area contributed by atoms with Crippen molar-refractivity contribution in [1.82, 2.24) is 4.57 Å². The van der Waals surface area contributed by atoms with E-state index >= 15 is 0 Å². The van der Waals surface area contributed by atoms with E-state index in [1.807, 2.05) is 0 Å². The van der Waals surface area contributed by atoms with Gasteiger partial charge in [-0.05, 0) is 127 Å². The zero-order chi connectivity index (χ0) is 41.7. The first kappa shape index (κ1) is 35.7. The van der Waals surface area contributed by atoms with E-state index in [0.29, 0.717) is 0 Å². The van der Waals surface area contributed by atoms with E-state index in [-0.39, 0.29) is 28.5 Å². The van der Waals surface area contributed by atoms with Gasteiger partial charge in [0.15, 0.2) is 0 Å². The molecule has 4 aliphatic rings. The highest BCUT2D eigenvalue weighted by Crippen LogP contribution is 2.54. The first-order chi connectivity index (χ1) is 29.1. The average Bonchev–Trinajstić information content (AvgIpc) is 3.84. The lowest BCUT2D eigenvalue weighted by molar-refractivity contribution is 0.332. The molecule has 13 rings (SSSR count). The number of para-hydroxylation sites is 1. The van der Waals surface area contributed by atoms with Crippen molar-refractivity contribution in [2.45, 2.75) is 96.8 Å². The van der Waals surface area contributed by atoms with Crippen molar-refractivity contribution in [1.29, 1.82) is 0 Å². The van der Waals surface area contributed by atoms with Crippen LogP contribution in [-0.4, -0.2) is 11.4 Å². The Morgan fingerprint density at radius 1 is 0.541 bits per heavy atom. The largest absolute Gasteiger partial charge is 0.456 e. The number of furan rings is 1. The zero-order valence-electron chi connectivity index (χ0n) is 36.8. The van der Waals surface area contributed by atoms with Gasteiger partial charge in [0.1, 0.15) is 11.2 Å². The van der Waals surface area contributed by atoms with Crippen LogP contribution in [0.3, 0.4) is 0 Å². The summed E-state index contributed by atoms with van der Waals surface area (Å²) < 4.78 is 9.26. The number of fused-ring (bicyclic) bond motifs is 15. The molecule has 4 heterocycles. The number of anilines is 2. The van der Waals surface area contributed by atoms with Crippen molar-refractivity contribution >= 4 is 72.9 Å². The molecule has 2 aromatic heterocycles. The van der Waals surface area contributed by atoms with Gasteiger partial charge in [0.05, 0.1) is 11.0 Å². The van der Waals surface area contributed by atoms with Gasteiger partial charge in [0.2, 0.25) is 0 Å². The maximum absolute atomic E-state index is 6.64. The highest BCUT2D eigenvalue weighted by atomic mass is 16.3. The lowest BCUT2D eigenvalue weighted by atomic mass is 9.43. The van der Waals surface area contributed by atoms with E-state index in [1.165, 1.54) is 118 Å². The molecule has 9 aromatic rings. The van der Waals surface area contributed by atoms with E-state index in [2.05, 4.69) is 193 Å². The first-order valence-corrected chi connectivity index (χ1v) is 22.4. The van der Waals surface area contributed by atoms with Gasteiger partial charge in [-0.3, -0.25) is 0 Å². The Balaban J connectivity index is 1.21.